The Labute approximate surface area is 65.7 Å². The second kappa shape index (κ2) is 3.20. The summed E-state index contributed by atoms with van der Waals surface area (Å²) in [7, 11) is -3.20. The van der Waals surface area contributed by atoms with E-state index in [4.69, 9.17) is 10.00 Å². The highest BCUT2D eigenvalue weighted by molar-refractivity contribution is 7.92. The van der Waals surface area contributed by atoms with Gasteiger partial charge in [-0.3, -0.25) is 0 Å². The zero-order chi connectivity index (χ0) is 8.32. The van der Waals surface area contributed by atoms with Gasteiger partial charge in [-0.15, -0.1) is 0 Å². The molecule has 0 N–H and O–H groups in total. The van der Waals surface area contributed by atoms with Gasteiger partial charge in [-0.1, -0.05) is 0 Å². The lowest BCUT2D eigenvalue weighted by atomic mass is 10.4. The predicted molar refractivity (Wildman–Crippen MR) is 38.6 cm³/mol. The summed E-state index contributed by atoms with van der Waals surface area (Å²) in [6, 6.07) is 1.64. The Morgan fingerprint density at radius 2 is 2.36 bits per heavy atom. The lowest BCUT2D eigenvalue weighted by molar-refractivity contribution is 0.198. The Morgan fingerprint density at radius 3 is 2.82 bits per heavy atom. The van der Waals surface area contributed by atoms with Crippen LogP contribution in [-0.2, 0) is 14.6 Å². The monoisotopic (exact) mass is 175 g/mol. The number of rotatable bonds is 2. The predicted octanol–water partition coefficient (Wildman–Crippen LogP) is -0.286. The van der Waals surface area contributed by atoms with E-state index in [2.05, 4.69) is 0 Å². The van der Waals surface area contributed by atoms with Crippen molar-refractivity contribution in [3.05, 3.63) is 0 Å². The first-order chi connectivity index (χ1) is 5.17. The highest BCUT2D eigenvalue weighted by Gasteiger charge is 2.28. The molecule has 1 heterocycles. The van der Waals surface area contributed by atoms with E-state index in [-0.39, 0.29) is 12.4 Å². The van der Waals surface area contributed by atoms with E-state index in [0.29, 0.717) is 13.0 Å². The number of hydrogen-bond donors (Lipinski definition) is 0. The summed E-state index contributed by atoms with van der Waals surface area (Å²) in [5.41, 5.74) is 0. The summed E-state index contributed by atoms with van der Waals surface area (Å²) >= 11 is 0. The summed E-state index contributed by atoms with van der Waals surface area (Å²) in [6.07, 6.45) is 0.532. The standard InChI is InChI=1S/C6H9NO3S/c7-2-4-11(8,9)6-1-3-10-5-6/h6H,1,3-5H2. The van der Waals surface area contributed by atoms with E-state index in [9.17, 15) is 8.42 Å². The van der Waals surface area contributed by atoms with Crippen LogP contribution < -0.4 is 0 Å². The first-order valence-electron chi connectivity index (χ1n) is 3.33. The van der Waals surface area contributed by atoms with Crippen LogP contribution in [-0.4, -0.2) is 32.6 Å². The topological polar surface area (TPSA) is 67.2 Å². The summed E-state index contributed by atoms with van der Waals surface area (Å²) < 4.78 is 27.2. The van der Waals surface area contributed by atoms with Gasteiger partial charge in [-0.25, -0.2) is 8.42 Å². The molecule has 0 aromatic heterocycles. The fraction of sp³-hybridized carbons (Fsp3) is 0.833. The van der Waals surface area contributed by atoms with E-state index < -0.39 is 15.1 Å². The van der Waals surface area contributed by atoms with Gasteiger partial charge in [0, 0.05) is 6.61 Å². The third kappa shape index (κ3) is 1.91. The molecule has 1 aliphatic rings. The zero-order valence-corrected chi connectivity index (χ0v) is 6.80. The first-order valence-corrected chi connectivity index (χ1v) is 5.04. The van der Waals surface area contributed by atoms with Crippen LogP contribution >= 0.6 is 0 Å². The molecule has 0 saturated carbocycles. The molecule has 4 nitrogen and oxygen atoms in total. The van der Waals surface area contributed by atoms with E-state index in [1.54, 1.807) is 6.07 Å². The molecule has 0 spiro atoms. The Morgan fingerprint density at radius 1 is 1.64 bits per heavy atom. The van der Waals surface area contributed by atoms with Crippen molar-refractivity contribution < 1.29 is 13.2 Å². The van der Waals surface area contributed by atoms with Gasteiger partial charge in [-0.05, 0) is 6.42 Å². The maximum Gasteiger partial charge on any atom is 0.168 e. The van der Waals surface area contributed by atoms with Crippen molar-refractivity contribution in [2.45, 2.75) is 11.7 Å². The van der Waals surface area contributed by atoms with Crippen molar-refractivity contribution in [1.82, 2.24) is 0 Å². The maximum absolute atomic E-state index is 11.1. The fourth-order valence-corrected chi connectivity index (χ4v) is 2.18. The van der Waals surface area contributed by atoms with Crippen molar-refractivity contribution in [3.63, 3.8) is 0 Å². The second-order valence-corrected chi connectivity index (χ2v) is 4.73. The third-order valence-corrected chi connectivity index (χ3v) is 3.58. The Balaban J connectivity index is 2.65. The molecule has 5 heteroatoms. The van der Waals surface area contributed by atoms with Crippen LogP contribution in [0.4, 0.5) is 0 Å². The molecule has 1 saturated heterocycles. The minimum absolute atomic E-state index is 0.254. The molecule has 1 aliphatic heterocycles. The molecule has 0 bridgehead atoms. The van der Waals surface area contributed by atoms with E-state index in [0.717, 1.165) is 0 Å². The largest absolute Gasteiger partial charge is 0.380 e. The van der Waals surface area contributed by atoms with Gasteiger partial charge in [0.05, 0.1) is 17.9 Å². The molecule has 11 heavy (non-hydrogen) atoms. The zero-order valence-electron chi connectivity index (χ0n) is 5.99. The molecule has 1 unspecified atom stereocenters. The van der Waals surface area contributed by atoms with Crippen LogP contribution in [0.5, 0.6) is 0 Å². The first kappa shape index (κ1) is 8.50. The Hall–Kier alpha value is -0.600. The second-order valence-electron chi connectivity index (χ2n) is 2.45. The summed E-state index contributed by atoms with van der Waals surface area (Å²) in [5, 5.41) is 7.75. The maximum atomic E-state index is 11.1. The lowest BCUT2D eigenvalue weighted by Gasteiger charge is -2.04. The summed E-state index contributed by atoms with van der Waals surface area (Å²) in [6.45, 7) is 0.749. The van der Waals surface area contributed by atoms with Gasteiger partial charge in [0.2, 0.25) is 0 Å². The smallest absolute Gasteiger partial charge is 0.168 e. The van der Waals surface area contributed by atoms with Gasteiger partial charge < -0.3 is 4.74 Å². The highest BCUT2D eigenvalue weighted by Crippen LogP contribution is 2.13. The van der Waals surface area contributed by atoms with Crippen LogP contribution in [0.25, 0.3) is 0 Å². The van der Waals surface area contributed by atoms with Gasteiger partial charge in [0.1, 0.15) is 5.75 Å². The van der Waals surface area contributed by atoms with E-state index >= 15 is 0 Å². The SMILES string of the molecule is N#CCS(=O)(=O)C1CCOC1. The molecule has 0 radical (unpaired) electrons. The van der Waals surface area contributed by atoms with Gasteiger partial charge in [0.25, 0.3) is 0 Å². The fourth-order valence-electron chi connectivity index (χ4n) is 1.00. The molecule has 1 atom stereocenters. The molecule has 1 rings (SSSR count). The molecular weight excluding hydrogens is 166 g/mol. The Bertz CT molecular complexity index is 258. The van der Waals surface area contributed by atoms with Gasteiger partial charge in [0.15, 0.2) is 9.84 Å². The summed E-state index contributed by atoms with van der Waals surface area (Å²) in [5.74, 6) is -0.388. The molecule has 0 amide bonds. The molecule has 62 valence electrons. The van der Waals surface area contributed by atoms with E-state index in [1.165, 1.54) is 0 Å². The molecular formula is C6H9NO3S. The normalized spacial score (nSPS) is 24.8. The minimum Gasteiger partial charge on any atom is -0.380 e. The third-order valence-electron chi connectivity index (χ3n) is 1.66. The van der Waals surface area contributed by atoms with E-state index in [1.807, 2.05) is 0 Å². The Kier molecular flexibility index (Phi) is 2.47. The van der Waals surface area contributed by atoms with Crippen molar-refractivity contribution in [3.8, 4) is 6.07 Å². The quantitative estimate of drug-likeness (QED) is 0.578. The number of ether oxygens (including phenoxy) is 1. The van der Waals surface area contributed by atoms with Crippen LogP contribution in [0.3, 0.4) is 0 Å². The minimum atomic E-state index is -3.20. The lowest BCUT2D eigenvalue weighted by Crippen LogP contribution is -2.23. The number of hydrogen-bond acceptors (Lipinski definition) is 4. The van der Waals surface area contributed by atoms with Crippen molar-refractivity contribution in [2.75, 3.05) is 19.0 Å². The highest BCUT2D eigenvalue weighted by atomic mass is 32.2. The molecule has 0 aromatic rings. The number of nitriles is 1. The number of nitrogens with zero attached hydrogens (tertiary/aromatic N) is 1. The van der Waals surface area contributed by atoms with Crippen LogP contribution in [0.1, 0.15) is 6.42 Å². The van der Waals surface area contributed by atoms with Crippen LogP contribution in [0.15, 0.2) is 0 Å². The molecule has 0 aromatic carbocycles. The van der Waals surface area contributed by atoms with Crippen LogP contribution in [0, 0.1) is 11.3 Å². The van der Waals surface area contributed by atoms with Crippen LogP contribution in [0.2, 0.25) is 0 Å². The average Bonchev–Trinajstić information content (AvgIpc) is 2.37. The number of sulfone groups is 1. The van der Waals surface area contributed by atoms with Crippen molar-refractivity contribution in [2.24, 2.45) is 0 Å². The molecule has 0 aliphatic carbocycles. The molecule has 1 fully saturated rings. The average molecular weight is 175 g/mol. The van der Waals surface area contributed by atoms with Gasteiger partial charge in [-0.2, -0.15) is 5.26 Å². The van der Waals surface area contributed by atoms with Crippen molar-refractivity contribution >= 4 is 9.84 Å². The van der Waals surface area contributed by atoms with Gasteiger partial charge >= 0.3 is 0 Å². The summed E-state index contributed by atoms with van der Waals surface area (Å²) in [4.78, 5) is 0. The van der Waals surface area contributed by atoms with Crippen molar-refractivity contribution in [1.29, 1.82) is 5.26 Å².